The molecule has 7 rings (SSSR count). The molecule has 250 valence electrons. The van der Waals surface area contributed by atoms with E-state index in [4.69, 9.17) is 16.3 Å². The maximum absolute atomic E-state index is 16.3. The predicted octanol–water partition coefficient (Wildman–Crippen LogP) is 6.20. The molecule has 1 spiro atoms. The number of hydrogen-bond acceptors (Lipinski definition) is 6. The second-order valence-corrected chi connectivity index (χ2v) is 17.9. The summed E-state index contributed by atoms with van der Waals surface area (Å²) in [5.74, 6) is -0.929. The third-order valence-corrected chi connectivity index (χ3v) is 13.0. The number of fused-ring (bicyclic) bond motifs is 2. The van der Waals surface area contributed by atoms with E-state index < -0.39 is 31.6 Å². The summed E-state index contributed by atoms with van der Waals surface area (Å²) in [5, 5.41) is 19.3. The van der Waals surface area contributed by atoms with E-state index in [-0.39, 0.29) is 30.9 Å². The number of aryl methyl sites for hydroxylation is 1. The summed E-state index contributed by atoms with van der Waals surface area (Å²) in [6.45, 7) is 6.53. The van der Waals surface area contributed by atoms with Crippen molar-refractivity contribution >= 4 is 43.2 Å². The van der Waals surface area contributed by atoms with Crippen LogP contribution < -0.4 is 9.80 Å². The van der Waals surface area contributed by atoms with Crippen LogP contribution >= 0.6 is 11.6 Å². The van der Waals surface area contributed by atoms with Gasteiger partial charge in [-0.25, -0.2) is 0 Å². The largest absolute Gasteiger partial charge is 0.395 e. The van der Waals surface area contributed by atoms with E-state index in [9.17, 15) is 14.7 Å². The third kappa shape index (κ3) is 5.56. The molecule has 1 unspecified atom stereocenters. The third-order valence-electron chi connectivity index (χ3n) is 10.3. The Hall–Kier alpha value is -3.90. The summed E-state index contributed by atoms with van der Waals surface area (Å²) >= 11 is 6.54. The van der Waals surface area contributed by atoms with Gasteiger partial charge in [-0.3, -0.25) is 14.3 Å². The Labute approximate surface area is 285 Å². The fourth-order valence-corrected chi connectivity index (χ4v) is 10.7. The number of amides is 2. The van der Waals surface area contributed by atoms with Gasteiger partial charge in [-0.15, -0.1) is 5.10 Å². The average Bonchev–Trinajstić information content (AvgIpc) is 3.71. The first-order valence-corrected chi connectivity index (χ1v) is 19.8. The van der Waals surface area contributed by atoms with E-state index >= 15 is 4.11 Å². The molecule has 0 bridgehead atoms. The van der Waals surface area contributed by atoms with Gasteiger partial charge in [-0.1, -0.05) is 66.2 Å². The standard InChI is InChI=1S/C36H39ClFN5O4Si/c1-23-34(48(2,3)38)32(14-16-41-21-30(39-40-41)28(22-44)25-9-5-4-6-10-25)47-36(23)29-19-26(37)12-13-31(29)43(35(36)46)20-24-8-7-11-27(18-24)42-17-15-33(42)45/h4-13,18-19,21,23,28,32,34,44H,14-17,20,22H2,1-3H3/t23-,28?,32+,34-,36+/m0/s1. The SMILES string of the molecule is C[C@H]1[C@H]([Si](C)(C)F)[C@@H](CCn2cc(C(CO)c3ccccc3)nn2)O[C@]12C(=O)N(Cc1cccc(N3CCC3=O)c1)c1ccc(Cl)cc12. The van der Waals surface area contributed by atoms with Gasteiger partial charge in [0.25, 0.3) is 5.91 Å². The van der Waals surface area contributed by atoms with Crippen LogP contribution in [0.2, 0.25) is 23.7 Å². The topological polar surface area (TPSA) is 101 Å². The van der Waals surface area contributed by atoms with Crippen LogP contribution in [0, 0.1) is 5.92 Å². The summed E-state index contributed by atoms with van der Waals surface area (Å²) < 4.78 is 24.9. The lowest BCUT2D eigenvalue weighted by Crippen LogP contribution is -2.45. The number of rotatable bonds is 10. The molecule has 9 nitrogen and oxygen atoms in total. The van der Waals surface area contributed by atoms with Gasteiger partial charge in [-0.05, 0) is 61.0 Å². The number of aliphatic hydroxyl groups excluding tert-OH is 1. The lowest BCUT2D eigenvalue weighted by atomic mass is 9.82. The minimum absolute atomic E-state index is 0.0816. The maximum atomic E-state index is 16.3. The number of halogens is 2. The molecule has 3 aromatic carbocycles. The van der Waals surface area contributed by atoms with Crippen LogP contribution in [-0.4, -0.2) is 59.6 Å². The highest BCUT2D eigenvalue weighted by Crippen LogP contribution is 2.60. The predicted molar refractivity (Wildman–Crippen MR) is 184 cm³/mol. The van der Waals surface area contributed by atoms with Crippen molar-refractivity contribution < 1.29 is 23.5 Å². The van der Waals surface area contributed by atoms with E-state index in [2.05, 4.69) is 10.3 Å². The molecule has 4 aromatic rings. The van der Waals surface area contributed by atoms with Gasteiger partial charge >= 0.3 is 0 Å². The molecular weight excluding hydrogens is 649 g/mol. The Morgan fingerprint density at radius 2 is 1.90 bits per heavy atom. The minimum Gasteiger partial charge on any atom is -0.395 e. The normalized spacial score (nSPS) is 24.3. The van der Waals surface area contributed by atoms with Crippen molar-refractivity contribution in [1.29, 1.82) is 0 Å². The monoisotopic (exact) mass is 687 g/mol. The van der Waals surface area contributed by atoms with Crippen molar-refractivity contribution in [2.45, 2.75) is 69.1 Å². The van der Waals surface area contributed by atoms with Crippen LogP contribution in [0.1, 0.15) is 48.1 Å². The Kier molecular flexibility index (Phi) is 8.51. The molecule has 2 fully saturated rings. The van der Waals surface area contributed by atoms with Crippen LogP contribution in [0.3, 0.4) is 0 Å². The number of β-lactam (4-membered cyclic amide) rings is 1. The first-order chi connectivity index (χ1) is 23.0. The van der Waals surface area contributed by atoms with Crippen LogP contribution in [-0.2, 0) is 33.0 Å². The molecule has 2 saturated heterocycles. The highest BCUT2D eigenvalue weighted by atomic mass is 35.5. The summed E-state index contributed by atoms with van der Waals surface area (Å²) in [4.78, 5) is 30.3. The molecule has 0 radical (unpaired) electrons. The number of nitrogens with zero attached hydrogens (tertiary/aromatic N) is 5. The van der Waals surface area contributed by atoms with Crippen molar-refractivity contribution in [2.75, 3.05) is 23.0 Å². The van der Waals surface area contributed by atoms with E-state index in [1.165, 1.54) is 0 Å². The number of aliphatic hydroxyl groups is 1. The Morgan fingerprint density at radius 3 is 2.58 bits per heavy atom. The Morgan fingerprint density at radius 1 is 1.10 bits per heavy atom. The lowest BCUT2D eigenvalue weighted by Gasteiger charge is -2.32. The van der Waals surface area contributed by atoms with Gasteiger partial charge in [0.05, 0.1) is 36.6 Å². The van der Waals surface area contributed by atoms with Gasteiger partial charge in [0.2, 0.25) is 14.3 Å². The van der Waals surface area contributed by atoms with Gasteiger partial charge in [0.15, 0.2) is 5.60 Å². The lowest BCUT2D eigenvalue weighted by molar-refractivity contribution is -0.146. The summed E-state index contributed by atoms with van der Waals surface area (Å²) in [6, 6.07) is 22.7. The van der Waals surface area contributed by atoms with E-state index in [1.807, 2.05) is 73.8 Å². The fraction of sp³-hybridized carbons (Fsp3) is 0.389. The first-order valence-electron chi connectivity index (χ1n) is 16.4. The smallest absolute Gasteiger partial charge is 0.264 e. The van der Waals surface area contributed by atoms with E-state index in [0.717, 1.165) is 16.8 Å². The van der Waals surface area contributed by atoms with Crippen LogP contribution in [0.4, 0.5) is 15.5 Å². The molecule has 0 saturated carbocycles. The molecule has 1 N–H and O–H groups in total. The second kappa shape index (κ2) is 12.5. The van der Waals surface area contributed by atoms with Crippen molar-refractivity contribution in [1.82, 2.24) is 15.0 Å². The summed E-state index contributed by atoms with van der Waals surface area (Å²) in [7, 11) is -3.37. The van der Waals surface area contributed by atoms with Gasteiger partial charge in [-0.2, -0.15) is 0 Å². The Bertz CT molecular complexity index is 1850. The molecule has 48 heavy (non-hydrogen) atoms. The Balaban J connectivity index is 1.17. The summed E-state index contributed by atoms with van der Waals surface area (Å²) in [6.07, 6.45) is 2.21. The molecule has 1 aromatic heterocycles. The number of aromatic nitrogens is 3. The van der Waals surface area contributed by atoms with E-state index in [0.29, 0.717) is 47.9 Å². The number of benzene rings is 3. The fourth-order valence-electron chi connectivity index (χ4n) is 7.94. The summed E-state index contributed by atoms with van der Waals surface area (Å²) in [5.41, 5.74) is 2.73. The van der Waals surface area contributed by atoms with Gasteiger partial charge < -0.3 is 23.8 Å². The molecule has 4 heterocycles. The molecular formula is C36H39ClFN5O4Si. The first kappa shape index (κ1) is 32.6. The minimum atomic E-state index is -3.37. The van der Waals surface area contributed by atoms with Crippen LogP contribution in [0.5, 0.6) is 0 Å². The highest BCUT2D eigenvalue weighted by Gasteiger charge is 2.66. The van der Waals surface area contributed by atoms with Crippen molar-refractivity contribution in [3.63, 3.8) is 0 Å². The van der Waals surface area contributed by atoms with Crippen LogP contribution in [0.25, 0.3) is 0 Å². The zero-order chi connectivity index (χ0) is 33.8. The van der Waals surface area contributed by atoms with Gasteiger partial charge in [0, 0.05) is 53.4 Å². The number of hydrogen-bond donors (Lipinski definition) is 1. The number of ether oxygens (including phenoxy) is 1. The maximum Gasteiger partial charge on any atom is 0.264 e. The number of anilines is 2. The molecule has 2 amide bonds. The van der Waals surface area contributed by atoms with Crippen molar-refractivity contribution in [2.24, 2.45) is 5.92 Å². The van der Waals surface area contributed by atoms with E-state index in [1.54, 1.807) is 39.7 Å². The quantitative estimate of drug-likeness (QED) is 0.121. The van der Waals surface area contributed by atoms with Crippen LogP contribution in [0.15, 0.2) is 79.0 Å². The number of carbonyl (C=O) groups is 2. The zero-order valence-electron chi connectivity index (χ0n) is 27.2. The second-order valence-electron chi connectivity index (χ2n) is 13.6. The molecule has 12 heteroatoms. The molecule has 0 aliphatic carbocycles. The molecule has 3 aliphatic rings. The molecule has 3 aliphatic heterocycles. The van der Waals surface area contributed by atoms with Gasteiger partial charge in [0.1, 0.15) is 0 Å². The zero-order valence-corrected chi connectivity index (χ0v) is 29.0. The molecule has 5 atom stereocenters. The highest BCUT2D eigenvalue weighted by molar-refractivity contribution is 6.72. The van der Waals surface area contributed by atoms with Crippen molar-refractivity contribution in [3.05, 3.63) is 106 Å². The average molecular weight is 688 g/mol. The van der Waals surface area contributed by atoms with Crippen molar-refractivity contribution in [3.8, 4) is 0 Å². The number of carbonyl (C=O) groups excluding carboxylic acids is 2.